The van der Waals surface area contributed by atoms with Crippen molar-refractivity contribution in [3.63, 3.8) is 0 Å². The molecule has 4 heteroatoms. The van der Waals surface area contributed by atoms with Crippen LogP contribution in [0, 0.1) is 0 Å². The van der Waals surface area contributed by atoms with Crippen molar-refractivity contribution in [3.05, 3.63) is 36.9 Å². The fourth-order valence-electron chi connectivity index (χ4n) is 1.63. The largest absolute Gasteiger partial charge is 0.387 e. The van der Waals surface area contributed by atoms with Crippen LogP contribution in [0.1, 0.15) is 0 Å². The van der Waals surface area contributed by atoms with Crippen LogP contribution in [0.5, 0.6) is 0 Å². The van der Waals surface area contributed by atoms with Gasteiger partial charge in [-0.3, -0.25) is 0 Å². The van der Waals surface area contributed by atoms with Crippen LogP contribution in [-0.4, -0.2) is 9.36 Å². The van der Waals surface area contributed by atoms with Crippen LogP contribution in [-0.2, 0) is 13.3 Å². The van der Waals surface area contributed by atoms with E-state index in [1.54, 1.807) is 0 Å². The Bertz CT molecular complexity index is 339. The lowest BCUT2D eigenvalue weighted by molar-refractivity contribution is -0.998. The number of hydrogen-bond acceptors (Lipinski definition) is 0. The molecular weight excluding hydrogens is 152 g/mol. The minimum absolute atomic E-state index is 0.903. The molecule has 60 valence electrons. The van der Waals surface area contributed by atoms with E-state index in [4.69, 9.17) is 0 Å². The number of aromatic nitrogens is 4. The van der Waals surface area contributed by atoms with Gasteiger partial charge in [0.1, 0.15) is 0 Å². The molecule has 0 aliphatic carbocycles. The van der Waals surface area contributed by atoms with Crippen LogP contribution >= 0.6 is 0 Å². The highest BCUT2D eigenvalue weighted by Gasteiger charge is 2.23. The predicted octanol–water partition coefficient (Wildman–Crippen LogP) is -0.810. The van der Waals surface area contributed by atoms with Gasteiger partial charge in [0.15, 0.2) is 0 Å². The van der Waals surface area contributed by atoms with Gasteiger partial charge >= 0.3 is 6.67 Å². The molecule has 3 rings (SSSR count). The molecule has 0 saturated heterocycles. The molecule has 3 heterocycles. The predicted molar refractivity (Wildman–Crippen MR) is 40.1 cm³/mol. The van der Waals surface area contributed by atoms with Crippen molar-refractivity contribution < 1.29 is 9.36 Å². The van der Waals surface area contributed by atoms with Gasteiger partial charge in [-0.2, -0.15) is 0 Å². The van der Waals surface area contributed by atoms with Gasteiger partial charge in [-0.1, -0.05) is 9.36 Å². The van der Waals surface area contributed by atoms with Crippen molar-refractivity contribution >= 4 is 0 Å². The molecule has 0 saturated carbocycles. The minimum atomic E-state index is 0.903. The van der Waals surface area contributed by atoms with Crippen LogP contribution in [0.2, 0.25) is 0 Å². The van der Waals surface area contributed by atoms with Crippen LogP contribution in [0.3, 0.4) is 0 Å². The third-order valence-corrected chi connectivity index (χ3v) is 2.27. The molecule has 0 N–H and O–H groups in total. The topological polar surface area (TPSA) is 17.6 Å². The first-order valence-electron chi connectivity index (χ1n) is 4.03. The van der Waals surface area contributed by atoms with E-state index in [9.17, 15) is 0 Å². The summed E-state index contributed by atoms with van der Waals surface area (Å²) in [5.74, 6) is 0. The Balaban J connectivity index is 2.15. The second kappa shape index (κ2) is 1.97. The van der Waals surface area contributed by atoms with E-state index < -0.39 is 0 Å². The molecule has 1 aliphatic rings. The van der Waals surface area contributed by atoms with Crippen molar-refractivity contribution in [1.29, 1.82) is 0 Å². The van der Waals surface area contributed by atoms with E-state index >= 15 is 0 Å². The average molecular weight is 162 g/mol. The number of rotatable bonds is 0. The van der Waals surface area contributed by atoms with E-state index in [2.05, 4.69) is 55.6 Å². The van der Waals surface area contributed by atoms with Gasteiger partial charge in [0.2, 0.25) is 19.1 Å². The molecule has 0 amide bonds. The second-order valence-electron chi connectivity index (χ2n) is 3.02. The molecule has 0 atom stereocenters. The van der Waals surface area contributed by atoms with Gasteiger partial charge in [0.25, 0.3) is 0 Å². The lowest BCUT2D eigenvalue weighted by Gasteiger charge is -2.06. The van der Waals surface area contributed by atoms with Crippen molar-refractivity contribution in [1.82, 2.24) is 9.36 Å². The Morgan fingerprint density at radius 3 is 2.08 bits per heavy atom. The second-order valence-corrected chi connectivity index (χ2v) is 3.02. The van der Waals surface area contributed by atoms with Crippen molar-refractivity contribution in [2.24, 2.45) is 0 Å². The van der Waals surface area contributed by atoms with Crippen LogP contribution in [0.25, 0.3) is 0 Å². The Kier molecular flexibility index (Phi) is 0.983. The van der Waals surface area contributed by atoms with E-state index in [0.29, 0.717) is 0 Å². The summed E-state index contributed by atoms with van der Waals surface area (Å²) in [5.41, 5.74) is 0. The zero-order chi connectivity index (χ0) is 7.97. The molecule has 1 aliphatic heterocycles. The van der Waals surface area contributed by atoms with E-state index in [0.717, 1.165) is 13.3 Å². The molecule has 2 aromatic rings. The van der Waals surface area contributed by atoms with E-state index in [1.807, 2.05) is 0 Å². The summed E-state index contributed by atoms with van der Waals surface area (Å²) < 4.78 is 8.72. The maximum atomic E-state index is 2.18. The smallest absolute Gasteiger partial charge is 0.130 e. The molecular formula is C8H10N4+2. The fourth-order valence-corrected chi connectivity index (χ4v) is 1.63. The fraction of sp³-hybridized carbons (Fsp3) is 0.250. The van der Waals surface area contributed by atoms with E-state index in [-0.39, 0.29) is 0 Å². The normalized spacial score (nSPS) is 14.0. The first-order valence-corrected chi connectivity index (χ1v) is 4.03. The van der Waals surface area contributed by atoms with Crippen LogP contribution in [0.4, 0.5) is 0 Å². The van der Waals surface area contributed by atoms with Gasteiger partial charge in [0.05, 0.1) is 12.4 Å². The van der Waals surface area contributed by atoms with Crippen LogP contribution in [0.15, 0.2) is 36.9 Å². The highest BCUT2D eigenvalue weighted by atomic mass is 15.6. The number of nitrogens with zero attached hydrogens (tertiary/aromatic N) is 4. The van der Waals surface area contributed by atoms with Crippen LogP contribution < -0.4 is 9.36 Å². The maximum absolute atomic E-state index is 2.18. The molecule has 2 aromatic heterocycles. The summed E-state index contributed by atoms with van der Waals surface area (Å²) in [6.45, 7) is 1.81. The summed E-state index contributed by atoms with van der Waals surface area (Å²) in [6, 6.07) is 4.12. The first kappa shape index (κ1) is 5.99. The Morgan fingerprint density at radius 1 is 0.917 bits per heavy atom. The highest BCUT2D eigenvalue weighted by Crippen LogP contribution is 1.90. The molecule has 0 radical (unpaired) electrons. The third kappa shape index (κ3) is 0.664. The molecule has 12 heavy (non-hydrogen) atoms. The highest BCUT2D eigenvalue weighted by molar-refractivity contribution is 4.75. The molecule has 0 aromatic carbocycles. The average Bonchev–Trinajstić information content (AvgIpc) is 2.64. The first-order chi connectivity index (χ1) is 5.93. The quantitative estimate of drug-likeness (QED) is 0.385. The number of fused-ring (bicyclic) bond motifs is 2. The molecule has 0 unspecified atom stereocenters. The van der Waals surface area contributed by atoms with Gasteiger partial charge in [-0.15, -0.1) is 9.36 Å². The lowest BCUT2D eigenvalue weighted by atomic mass is 10.7. The van der Waals surface area contributed by atoms with Crippen molar-refractivity contribution in [3.8, 4) is 0 Å². The Morgan fingerprint density at radius 2 is 1.50 bits per heavy atom. The summed E-state index contributed by atoms with van der Waals surface area (Å²) >= 11 is 0. The zero-order valence-corrected chi connectivity index (χ0v) is 6.67. The molecule has 0 bridgehead atoms. The Labute approximate surface area is 69.8 Å². The summed E-state index contributed by atoms with van der Waals surface area (Å²) in [5, 5.41) is 0. The van der Waals surface area contributed by atoms with Gasteiger partial charge in [-0.05, 0) is 0 Å². The SMILES string of the molecule is c1cn2[n+](c1)C[n+]1cccn1C2. The monoisotopic (exact) mass is 162 g/mol. The molecule has 0 spiro atoms. The van der Waals surface area contributed by atoms with E-state index in [1.165, 1.54) is 0 Å². The van der Waals surface area contributed by atoms with Gasteiger partial charge < -0.3 is 0 Å². The zero-order valence-electron chi connectivity index (χ0n) is 6.67. The number of hydrogen-bond donors (Lipinski definition) is 0. The standard InChI is InChI=1S/C8H10N4/c1-3-9-7-11-5-2-6-12(11)8-10(9)4-1/h1-6H,7-8H2/q+2. The summed E-state index contributed by atoms with van der Waals surface area (Å²) in [6.07, 6.45) is 8.35. The molecule has 0 fully saturated rings. The minimum Gasteiger partial charge on any atom is -0.130 e. The van der Waals surface area contributed by atoms with Gasteiger partial charge in [-0.25, -0.2) is 0 Å². The summed E-state index contributed by atoms with van der Waals surface area (Å²) in [7, 11) is 0. The van der Waals surface area contributed by atoms with Crippen molar-refractivity contribution in [2.75, 3.05) is 0 Å². The lowest BCUT2D eigenvalue weighted by Crippen LogP contribution is -2.64. The molecule has 4 nitrogen and oxygen atoms in total. The maximum Gasteiger partial charge on any atom is 0.387 e. The Hall–Kier alpha value is -1.58. The third-order valence-electron chi connectivity index (χ3n) is 2.27. The van der Waals surface area contributed by atoms with Crippen molar-refractivity contribution in [2.45, 2.75) is 13.3 Å². The van der Waals surface area contributed by atoms with Gasteiger partial charge in [0, 0.05) is 12.1 Å². The summed E-state index contributed by atoms with van der Waals surface area (Å²) in [4.78, 5) is 0.